The van der Waals surface area contributed by atoms with Crippen LogP contribution < -0.4 is 5.32 Å². The standard InChI is InChI=1S/C14H14FN3O/c15-12-4-2-1-3-11(12)14(19)17-10-5-7-18-8-6-16-13(18)9-10/h1-4,6,8,10H,5,7,9H2,(H,17,19). The third kappa shape index (κ3) is 2.36. The van der Waals surface area contributed by atoms with Crippen LogP contribution in [0, 0.1) is 5.82 Å². The maximum absolute atomic E-state index is 13.5. The molecule has 1 aliphatic heterocycles. The minimum atomic E-state index is -0.489. The first-order valence-electron chi connectivity index (χ1n) is 6.29. The van der Waals surface area contributed by atoms with Gasteiger partial charge < -0.3 is 9.88 Å². The molecule has 1 N–H and O–H groups in total. The van der Waals surface area contributed by atoms with Gasteiger partial charge in [0.25, 0.3) is 5.91 Å². The van der Waals surface area contributed by atoms with Gasteiger partial charge in [0.1, 0.15) is 11.6 Å². The van der Waals surface area contributed by atoms with E-state index in [1.807, 2.05) is 6.20 Å². The highest BCUT2D eigenvalue weighted by molar-refractivity contribution is 5.94. The molecular formula is C14H14FN3O. The number of nitrogens with zero attached hydrogens (tertiary/aromatic N) is 2. The number of aromatic nitrogens is 2. The number of halogens is 1. The van der Waals surface area contributed by atoms with Crippen molar-refractivity contribution in [2.45, 2.75) is 25.4 Å². The average Bonchev–Trinajstić information content (AvgIpc) is 2.86. The summed E-state index contributed by atoms with van der Waals surface area (Å²) in [5.41, 5.74) is 0.0939. The maximum Gasteiger partial charge on any atom is 0.254 e. The van der Waals surface area contributed by atoms with E-state index in [2.05, 4.69) is 14.9 Å². The Morgan fingerprint density at radius 1 is 1.42 bits per heavy atom. The second-order valence-electron chi connectivity index (χ2n) is 4.68. The van der Waals surface area contributed by atoms with Crippen LogP contribution in [0.3, 0.4) is 0 Å². The molecular weight excluding hydrogens is 245 g/mol. The molecule has 0 aliphatic carbocycles. The van der Waals surface area contributed by atoms with E-state index in [0.29, 0.717) is 6.42 Å². The molecule has 3 rings (SSSR count). The molecule has 1 aromatic carbocycles. The largest absolute Gasteiger partial charge is 0.349 e. The predicted molar refractivity (Wildman–Crippen MR) is 68.2 cm³/mol. The zero-order valence-electron chi connectivity index (χ0n) is 10.3. The lowest BCUT2D eigenvalue weighted by atomic mass is 10.1. The highest BCUT2D eigenvalue weighted by atomic mass is 19.1. The fourth-order valence-electron chi connectivity index (χ4n) is 2.38. The van der Waals surface area contributed by atoms with Crippen LogP contribution in [0.15, 0.2) is 36.7 Å². The van der Waals surface area contributed by atoms with E-state index in [4.69, 9.17) is 0 Å². The number of hydrogen-bond acceptors (Lipinski definition) is 2. The first kappa shape index (κ1) is 11.9. The molecule has 0 fully saturated rings. The number of nitrogens with one attached hydrogen (secondary N) is 1. The Bertz CT molecular complexity index is 608. The van der Waals surface area contributed by atoms with E-state index in [1.165, 1.54) is 12.1 Å². The van der Waals surface area contributed by atoms with E-state index >= 15 is 0 Å². The summed E-state index contributed by atoms with van der Waals surface area (Å²) in [5.74, 6) is 0.116. The van der Waals surface area contributed by atoms with Gasteiger partial charge in [-0.1, -0.05) is 12.1 Å². The molecule has 2 heterocycles. The zero-order valence-corrected chi connectivity index (χ0v) is 10.3. The molecule has 1 unspecified atom stereocenters. The van der Waals surface area contributed by atoms with Crippen LogP contribution in [-0.2, 0) is 13.0 Å². The van der Waals surface area contributed by atoms with E-state index in [0.717, 1.165) is 18.8 Å². The molecule has 4 nitrogen and oxygen atoms in total. The Morgan fingerprint density at radius 2 is 2.26 bits per heavy atom. The third-order valence-corrected chi connectivity index (χ3v) is 3.40. The van der Waals surface area contributed by atoms with Crippen molar-refractivity contribution in [2.75, 3.05) is 0 Å². The second-order valence-corrected chi connectivity index (χ2v) is 4.68. The molecule has 19 heavy (non-hydrogen) atoms. The maximum atomic E-state index is 13.5. The molecule has 0 bridgehead atoms. The highest BCUT2D eigenvalue weighted by Crippen LogP contribution is 2.14. The fourth-order valence-corrected chi connectivity index (χ4v) is 2.38. The molecule has 1 atom stereocenters. The summed E-state index contributed by atoms with van der Waals surface area (Å²) < 4.78 is 15.6. The van der Waals surface area contributed by atoms with Gasteiger partial charge in [0.2, 0.25) is 0 Å². The summed E-state index contributed by atoms with van der Waals surface area (Å²) in [7, 11) is 0. The van der Waals surface area contributed by atoms with Gasteiger partial charge >= 0.3 is 0 Å². The average molecular weight is 259 g/mol. The highest BCUT2D eigenvalue weighted by Gasteiger charge is 2.22. The van der Waals surface area contributed by atoms with Crippen LogP contribution in [0.4, 0.5) is 4.39 Å². The minimum absolute atomic E-state index is 0.0157. The van der Waals surface area contributed by atoms with Crippen molar-refractivity contribution in [3.05, 3.63) is 53.9 Å². The van der Waals surface area contributed by atoms with Gasteiger partial charge in [-0.05, 0) is 18.6 Å². The van der Waals surface area contributed by atoms with E-state index < -0.39 is 5.82 Å². The number of benzene rings is 1. The number of carbonyl (C=O) groups excluding carboxylic acids is 1. The van der Waals surface area contributed by atoms with Gasteiger partial charge in [0.05, 0.1) is 5.56 Å². The van der Waals surface area contributed by atoms with Gasteiger partial charge in [-0.3, -0.25) is 4.79 Å². The summed E-state index contributed by atoms with van der Waals surface area (Å²) in [6, 6.07) is 6.04. The summed E-state index contributed by atoms with van der Waals surface area (Å²) in [6.45, 7) is 0.831. The Hall–Kier alpha value is -2.17. The van der Waals surface area contributed by atoms with Crippen LogP contribution in [0.1, 0.15) is 22.6 Å². The summed E-state index contributed by atoms with van der Waals surface area (Å²) in [5, 5.41) is 2.87. The lowest BCUT2D eigenvalue weighted by molar-refractivity contribution is 0.0926. The number of rotatable bonds is 2. The SMILES string of the molecule is O=C(NC1CCn2ccnc2C1)c1ccccc1F. The Morgan fingerprint density at radius 3 is 3.11 bits per heavy atom. The van der Waals surface area contributed by atoms with Crippen molar-refractivity contribution in [1.29, 1.82) is 0 Å². The van der Waals surface area contributed by atoms with Crippen molar-refractivity contribution in [3.8, 4) is 0 Å². The molecule has 5 heteroatoms. The summed E-state index contributed by atoms with van der Waals surface area (Å²) in [6.07, 6.45) is 5.22. The molecule has 0 radical (unpaired) electrons. The zero-order chi connectivity index (χ0) is 13.2. The second kappa shape index (κ2) is 4.84. The minimum Gasteiger partial charge on any atom is -0.349 e. The summed E-state index contributed by atoms with van der Waals surface area (Å²) in [4.78, 5) is 16.2. The van der Waals surface area contributed by atoms with Crippen LogP contribution in [0.2, 0.25) is 0 Å². The van der Waals surface area contributed by atoms with Crippen molar-refractivity contribution in [3.63, 3.8) is 0 Å². The number of amides is 1. The number of hydrogen-bond donors (Lipinski definition) is 1. The lowest BCUT2D eigenvalue weighted by Crippen LogP contribution is -2.40. The topological polar surface area (TPSA) is 46.9 Å². The first-order valence-corrected chi connectivity index (χ1v) is 6.29. The summed E-state index contributed by atoms with van der Waals surface area (Å²) >= 11 is 0. The third-order valence-electron chi connectivity index (χ3n) is 3.40. The monoisotopic (exact) mass is 259 g/mol. The van der Waals surface area contributed by atoms with E-state index in [9.17, 15) is 9.18 Å². The first-order chi connectivity index (χ1) is 9.24. The lowest BCUT2D eigenvalue weighted by Gasteiger charge is -2.24. The molecule has 2 aromatic rings. The number of carbonyl (C=O) groups is 1. The van der Waals surface area contributed by atoms with E-state index in [1.54, 1.807) is 18.3 Å². The normalized spacial score (nSPS) is 17.8. The number of imidazole rings is 1. The Kier molecular flexibility index (Phi) is 3.03. The number of aryl methyl sites for hydroxylation is 1. The van der Waals surface area contributed by atoms with Crippen molar-refractivity contribution in [2.24, 2.45) is 0 Å². The van der Waals surface area contributed by atoms with Crippen molar-refractivity contribution < 1.29 is 9.18 Å². The fraction of sp³-hybridized carbons (Fsp3) is 0.286. The molecule has 0 spiro atoms. The van der Waals surface area contributed by atoms with Gasteiger partial charge in [0.15, 0.2) is 0 Å². The molecule has 1 amide bonds. The van der Waals surface area contributed by atoms with Crippen molar-refractivity contribution in [1.82, 2.24) is 14.9 Å². The van der Waals surface area contributed by atoms with Crippen LogP contribution >= 0.6 is 0 Å². The van der Waals surface area contributed by atoms with Crippen LogP contribution in [0.5, 0.6) is 0 Å². The van der Waals surface area contributed by atoms with Crippen LogP contribution in [-0.4, -0.2) is 21.5 Å². The van der Waals surface area contributed by atoms with Gasteiger partial charge in [-0.25, -0.2) is 9.37 Å². The molecule has 1 aliphatic rings. The molecule has 0 saturated heterocycles. The molecule has 98 valence electrons. The van der Waals surface area contributed by atoms with Gasteiger partial charge in [-0.2, -0.15) is 0 Å². The van der Waals surface area contributed by atoms with Gasteiger partial charge in [-0.15, -0.1) is 0 Å². The smallest absolute Gasteiger partial charge is 0.254 e. The molecule has 0 saturated carbocycles. The predicted octanol–water partition coefficient (Wildman–Crippen LogP) is 1.77. The Labute approximate surface area is 110 Å². The van der Waals surface area contributed by atoms with Gasteiger partial charge in [0, 0.05) is 31.4 Å². The van der Waals surface area contributed by atoms with Crippen molar-refractivity contribution >= 4 is 5.91 Å². The number of fused-ring (bicyclic) bond motifs is 1. The quantitative estimate of drug-likeness (QED) is 0.893. The van der Waals surface area contributed by atoms with E-state index in [-0.39, 0.29) is 17.5 Å². The Balaban J connectivity index is 1.70. The van der Waals surface area contributed by atoms with Crippen LogP contribution in [0.25, 0.3) is 0 Å². The molecule has 1 aromatic heterocycles.